The average molecular weight is 447 g/mol. The first-order valence-electron chi connectivity index (χ1n) is 11.0. The van der Waals surface area contributed by atoms with Crippen molar-refractivity contribution in [3.8, 4) is 34.7 Å². The molecule has 5 heteroatoms. The van der Waals surface area contributed by atoms with Crippen molar-refractivity contribution < 1.29 is 14.4 Å². The van der Waals surface area contributed by atoms with E-state index >= 15 is 0 Å². The monoisotopic (exact) mass is 446 g/mol. The number of allylic oxidation sites excluding steroid dienone is 2. The van der Waals surface area contributed by atoms with Gasteiger partial charge in [0.1, 0.15) is 0 Å². The standard InChI is InChI=1S/C29H22N2O3/c1-29(2)17-16-20(9-8-19-6-4-3-5-7-19)24-18-23(14-15-25(24)29)27-30-26(31-34-27)21-10-12-22(13-11-21)28(32)33/h3-7,10-16,18H,17H2,1-2H3,(H,32,33). The number of hydrogen-bond acceptors (Lipinski definition) is 4. The molecule has 0 amide bonds. The van der Waals surface area contributed by atoms with Crippen LogP contribution >= 0.6 is 0 Å². The topological polar surface area (TPSA) is 76.2 Å². The summed E-state index contributed by atoms with van der Waals surface area (Å²) in [5, 5.41) is 13.2. The molecule has 166 valence electrons. The number of aromatic carboxylic acids is 1. The summed E-state index contributed by atoms with van der Waals surface area (Å²) < 4.78 is 5.56. The predicted octanol–water partition coefficient (Wildman–Crippen LogP) is 6.22. The van der Waals surface area contributed by atoms with Gasteiger partial charge in [0.05, 0.1) is 5.56 Å². The van der Waals surface area contributed by atoms with Crippen LogP contribution < -0.4 is 0 Å². The van der Waals surface area contributed by atoms with E-state index in [9.17, 15) is 4.79 Å². The molecular formula is C29H22N2O3. The number of hydrogen-bond donors (Lipinski definition) is 1. The summed E-state index contributed by atoms with van der Waals surface area (Å²) in [6.45, 7) is 4.46. The molecule has 5 rings (SSSR count). The molecule has 1 N–H and O–H groups in total. The summed E-state index contributed by atoms with van der Waals surface area (Å²) in [5.74, 6) is 6.45. The van der Waals surface area contributed by atoms with Gasteiger partial charge < -0.3 is 9.63 Å². The number of nitrogens with zero attached hydrogens (tertiary/aromatic N) is 2. The van der Waals surface area contributed by atoms with Gasteiger partial charge in [-0.25, -0.2) is 4.79 Å². The average Bonchev–Trinajstić information content (AvgIpc) is 3.34. The van der Waals surface area contributed by atoms with Crippen LogP contribution in [0.25, 0.3) is 28.4 Å². The van der Waals surface area contributed by atoms with Crippen molar-refractivity contribution in [2.75, 3.05) is 0 Å². The van der Waals surface area contributed by atoms with Gasteiger partial charge in [-0.1, -0.05) is 73.3 Å². The molecule has 4 aromatic rings. The van der Waals surface area contributed by atoms with Crippen molar-refractivity contribution in [1.29, 1.82) is 0 Å². The fourth-order valence-electron chi connectivity index (χ4n) is 4.07. The highest BCUT2D eigenvalue weighted by molar-refractivity contribution is 5.88. The van der Waals surface area contributed by atoms with Crippen molar-refractivity contribution in [1.82, 2.24) is 10.1 Å². The number of rotatable bonds is 3. The molecule has 0 saturated heterocycles. The van der Waals surface area contributed by atoms with Gasteiger partial charge in [0.2, 0.25) is 5.82 Å². The van der Waals surface area contributed by atoms with Crippen LogP contribution in [0.5, 0.6) is 0 Å². The van der Waals surface area contributed by atoms with E-state index < -0.39 is 5.97 Å². The van der Waals surface area contributed by atoms with Gasteiger partial charge in [-0.3, -0.25) is 0 Å². The van der Waals surface area contributed by atoms with E-state index in [2.05, 4.69) is 54.0 Å². The van der Waals surface area contributed by atoms with Crippen LogP contribution in [0.4, 0.5) is 0 Å². The maximum absolute atomic E-state index is 11.1. The van der Waals surface area contributed by atoms with Crippen molar-refractivity contribution in [3.63, 3.8) is 0 Å². The second-order valence-corrected chi connectivity index (χ2v) is 8.89. The van der Waals surface area contributed by atoms with E-state index in [1.54, 1.807) is 12.1 Å². The van der Waals surface area contributed by atoms with E-state index in [4.69, 9.17) is 9.63 Å². The third-order valence-corrected chi connectivity index (χ3v) is 6.03. The minimum absolute atomic E-state index is 0.00230. The molecule has 0 atom stereocenters. The number of fused-ring (bicyclic) bond motifs is 1. The Bertz CT molecular complexity index is 1470. The summed E-state index contributed by atoms with van der Waals surface area (Å²) >= 11 is 0. The largest absolute Gasteiger partial charge is 0.478 e. The Labute approximate surface area is 197 Å². The minimum atomic E-state index is -0.975. The van der Waals surface area contributed by atoms with Crippen molar-refractivity contribution in [2.24, 2.45) is 0 Å². The molecule has 1 aliphatic carbocycles. The lowest BCUT2D eigenvalue weighted by Gasteiger charge is -2.31. The number of carboxylic acids is 1. The van der Waals surface area contributed by atoms with Crippen LogP contribution in [0.2, 0.25) is 0 Å². The van der Waals surface area contributed by atoms with E-state index in [1.807, 2.05) is 36.4 Å². The SMILES string of the molecule is CC1(C)CC=C(C#Cc2ccccc2)c2cc(-c3nc(-c4ccc(C(=O)O)cc4)no3)ccc21. The number of benzene rings is 3. The Hall–Kier alpha value is -4.43. The molecule has 34 heavy (non-hydrogen) atoms. The lowest BCUT2D eigenvalue weighted by atomic mass is 9.73. The third-order valence-electron chi connectivity index (χ3n) is 6.03. The normalized spacial score (nSPS) is 13.9. The van der Waals surface area contributed by atoms with Gasteiger partial charge in [0, 0.05) is 22.3 Å². The molecule has 0 unspecified atom stereocenters. The first-order chi connectivity index (χ1) is 16.4. The zero-order valence-electron chi connectivity index (χ0n) is 18.9. The summed E-state index contributed by atoms with van der Waals surface area (Å²) in [4.78, 5) is 15.6. The molecule has 1 heterocycles. The highest BCUT2D eigenvalue weighted by Crippen LogP contribution is 2.40. The molecule has 0 spiro atoms. The van der Waals surface area contributed by atoms with Gasteiger partial charge in [-0.15, -0.1) is 0 Å². The smallest absolute Gasteiger partial charge is 0.335 e. The molecule has 0 bridgehead atoms. The summed E-state index contributed by atoms with van der Waals surface area (Å²) in [7, 11) is 0. The van der Waals surface area contributed by atoms with Crippen LogP contribution in [0.3, 0.4) is 0 Å². The second-order valence-electron chi connectivity index (χ2n) is 8.89. The highest BCUT2D eigenvalue weighted by atomic mass is 16.5. The van der Waals surface area contributed by atoms with Crippen molar-refractivity contribution >= 4 is 11.5 Å². The Morgan fingerprint density at radius 2 is 1.71 bits per heavy atom. The number of carbonyl (C=O) groups is 1. The van der Waals surface area contributed by atoms with E-state index in [0.717, 1.165) is 28.7 Å². The third kappa shape index (κ3) is 4.14. The molecule has 1 aromatic heterocycles. The van der Waals surface area contributed by atoms with Crippen molar-refractivity contribution in [2.45, 2.75) is 25.7 Å². The minimum Gasteiger partial charge on any atom is -0.478 e. The molecule has 0 saturated carbocycles. The lowest BCUT2D eigenvalue weighted by molar-refractivity contribution is 0.0697. The molecular weight excluding hydrogens is 424 g/mol. The molecule has 0 radical (unpaired) electrons. The lowest BCUT2D eigenvalue weighted by Crippen LogP contribution is -2.21. The first kappa shape index (κ1) is 21.4. The summed E-state index contributed by atoms with van der Waals surface area (Å²) in [6, 6.07) is 22.5. The fourth-order valence-corrected chi connectivity index (χ4v) is 4.07. The molecule has 0 fully saturated rings. The summed E-state index contributed by atoms with van der Waals surface area (Å²) in [5.41, 5.74) is 5.98. The second kappa shape index (κ2) is 8.49. The van der Waals surface area contributed by atoms with Gasteiger partial charge in [-0.2, -0.15) is 4.98 Å². The van der Waals surface area contributed by atoms with E-state index in [1.165, 1.54) is 17.7 Å². The van der Waals surface area contributed by atoms with Crippen LogP contribution in [0.15, 0.2) is 83.4 Å². The number of aromatic nitrogens is 2. The van der Waals surface area contributed by atoms with Crippen LogP contribution in [-0.4, -0.2) is 21.2 Å². The van der Waals surface area contributed by atoms with Crippen LogP contribution in [-0.2, 0) is 5.41 Å². The molecule has 3 aromatic carbocycles. The van der Waals surface area contributed by atoms with Crippen LogP contribution in [0, 0.1) is 11.8 Å². The fraction of sp³-hybridized carbons (Fsp3) is 0.138. The first-order valence-corrected chi connectivity index (χ1v) is 11.0. The van der Waals surface area contributed by atoms with Gasteiger partial charge in [0.25, 0.3) is 5.89 Å². The Balaban J connectivity index is 1.50. The quantitative estimate of drug-likeness (QED) is 0.378. The van der Waals surface area contributed by atoms with E-state index in [-0.39, 0.29) is 11.0 Å². The molecule has 0 aliphatic heterocycles. The predicted molar refractivity (Wildman–Crippen MR) is 131 cm³/mol. The van der Waals surface area contributed by atoms with Gasteiger partial charge in [-0.05, 0) is 59.4 Å². The Morgan fingerprint density at radius 3 is 2.44 bits per heavy atom. The Morgan fingerprint density at radius 1 is 0.971 bits per heavy atom. The van der Waals surface area contributed by atoms with Gasteiger partial charge >= 0.3 is 5.97 Å². The highest BCUT2D eigenvalue weighted by Gasteiger charge is 2.28. The maximum Gasteiger partial charge on any atom is 0.335 e. The Kier molecular flexibility index (Phi) is 5.35. The molecule has 1 aliphatic rings. The van der Waals surface area contributed by atoms with Gasteiger partial charge in [0.15, 0.2) is 0 Å². The number of carboxylic acid groups (broad SMARTS) is 1. The maximum atomic E-state index is 11.1. The van der Waals surface area contributed by atoms with E-state index in [0.29, 0.717) is 17.3 Å². The summed E-state index contributed by atoms with van der Waals surface area (Å²) in [6.07, 6.45) is 3.11. The van der Waals surface area contributed by atoms with Crippen molar-refractivity contribution in [3.05, 3.63) is 101 Å². The zero-order valence-corrected chi connectivity index (χ0v) is 18.9. The zero-order chi connectivity index (χ0) is 23.7. The van der Waals surface area contributed by atoms with Crippen LogP contribution in [0.1, 0.15) is 47.3 Å². The molecule has 5 nitrogen and oxygen atoms in total.